The molecule has 0 saturated heterocycles. The fourth-order valence-electron chi connectivity index (χ4n) is 3.81. The summed E-state index contributed by atoms with van der Waals surface area (Å²) in [6.07, 6.45) is 34.5. The third-order valence-corrected chi connectivity index (χ3v) is 6.74. The van der Waals surface area contributed by atoms with Crippen LogP contribution in [0.15, 0.2) is 24.3 Å². The SMILES string of the molecule is CC/C=C/CC.CC/C=C\CC.CCC.CCC.CCC1CCC1.CCC1CCCCC1.CCCCC(C)CO. The molecular formula is C39H84O. The van der Waals surface area contributed by atoms with Crippen molar-refractivity contribution >= 4 is 0 Å². The van der Waals surface area contributed by atoms with Gasteiger partial charge in [0.2, 0.25) is 0 Å². The van der Waals surface area contributed by atoms with Gasteiger partial charge in [-0.15, -0.1) is 0 Å². The van der Waals surface area contributed by atoms with Gasteiger partial charge in [0.1, 0.15) is 0 Å². The van der Waals surface area contributed by atoms with Crippen molar-refractivity contribution in [1.29, 1.82) is 0 Å². The molecule has 0 aromatic heterocycles. The molecule has 1 heteroatoms. The first-order valence-corrected chi connectivity index (χ1v) is 18.2. The Balaban J connectivity index is -0.000000122. The highest BCUT2D eigenvalue weighted by atomic mass is 16.3. The van der Waals surface area contributed by atoms with Gasteiger partial charge in [-0.25, -0.2) is 0 Å². The maximum Gasteiger partial charge on any atom is 0.0456 e. The minimum Gasteiger partial charge on any atom is -0.396 e. The molecule has 2 aliphatic rings. The summed E-state index contributed by atoms with van der Waals surface area (Å²) in [7, 11) is 0. The third kappa shape index (κ3) is 57.4. The average Bonchev–Trinajstić information content (AvgIpc) is 2.95. The Hall–Kier alpha value is -0.560. The molecule has 0 aliphatic heterocycles. The molecule has 0 spiro atoms. The van der Waals surface area contributed by atoms with Gasteiger partial charge in [0.15, 0.2) is 0 Å². The molecule has 2 aliphatic carbocycles. The minimum atomic E-state index is 0.347. The Morgan fingerprint density at radius 1 is 0.550 bits per heavy atom. The second-order valence-electron chi connectivity index (χ2n) is 11.5. The Labute approximate surface area is 258 Å². The molecule has 1 nitrogen and oxygen atoms in total. The first kappa shape index (κ1) is 49.1. The monoisotopic (exact) mass is 569 g/mol. The molecule has 0 bridgehead atoms. The number of aliphatic hydroxyl groups is 1. The lowest BCUT2D eigenvalue weighted by atomic mass is 9.84. The van der Waals surface area contributed by atoms with Crippen molar-refractivity contribution in [3.8, 4) is 0 Å². The zero-order chi connectivity index (χ0) is 31.7. The van der Waals surface area contributed by atoms with E-state index in [1.807, 2.05) is 0 Å². The minimum absolute atomic E-state index is 0.347. The molecule has 0 amide bonds. The van der Waals surface area contributed by atoms with Gasteiger partial charge in [0.05, 0.1) is 0 Å². The summed E-state index contributed by atoms with van der Waals surface area (Å²) in [6, 6.07) is 0. The van der Waals surface area contributed by atoms with Crippen LogP contribution in [-0.4, -0.2) is 11.7 Å². The van der Waals surface area contributed by atoms with E-state index in [0.717, 1.165) is 11.8 Å². The van der Waals surface area contributed by atoms with E-state index in [1.165, 1.54) is 122 Å². The molecule has 2 saturated carbocycles. The summed E-state index contributed by atoms with van der Waals surface area (Å²) in [5.41, 5.74) is 0. The van der Waals surface area contributed by atoms with Crippen molar-refractivity contribution < 1.29 is 5.11 Å². The highest BCUT2D eigenvalue weighted by Crippen LogP contribution is 2.28. The van der Waals surface area contributed by atoms with Crippen molar-refractivity contribution in [2.24, 2.45) is 17.8 Å². The van der Waals surface area contributed by atoms with Crippen LogP contribution in [0.2, 0.25) is 0 Å². The first-order valence-electron chi connectivity index (χ1n) is 18.2. The Morgan fingerprint density at radius 3 is 1.05 bits per heavy atom. The van der Waals surface area contributed by atoms with Crippen LogP contribution < -0.4 is 0 Å². The third-order valence-electron chi connectivity index (χ3n) is 6.74. The highest BCUT2D eigenvalue weighted by molar-refractivity contribution is 4.78. The summed E-state index contributed by atoms with van der Waals surface area (Å²) in [5, 5.41) is 8.56. The van der Waals surface area contributed by atoms with Gasteiger partial charge in [-0.1, -0.05) is 197 Å². The Morgan fingerprint density at radius 2 is 0.875 bits per heavy atom. The molecule has 2 rings (SSSR count). The van der Waals surface area contributed by atoms with Crippen LogP contribution in [0, 0.1) is 17.8 Å². The van der Waals surface area contributed by atoms with Crippen LogP contribution >= 0.6 is 0 Å². The molecule has 1 unspecified atom stereocenters. The van der Waals surface area contributed by atoms with Crippen molar-refractivity contribution in [2.45, 2.75) is 205 Å². The lowest BCUT2D eigenvalue weighted by Gasteiger charge is -2.22. The molecule has 0 radical (unpaired) electrons. The van der Waals surface area contributed by atoms with E-state index in [2.05, 4.69) is 107 Å². The van der Waals surface area contributed by atoms with E-state index >= 15 is 0 Å². The van der Waals surface area contributed by atoms with E-state index in [-0.39, 0.29) is 0 Å². The molecule has 0 aromatic rings. The second-order valence-corrected chi connectivity index (χ2v) is 11.5. The van der Waals surface area contributed by atoms with Crippen LogP contribution in [0.5, 0.6) is 0 Å². The summed E-state index contributed by atoms with van der Waals surface area (Å²) >= 11 is 0. The Kier molecular flexibility index (Phi) is 62.9. The van der Waals surface area contributed by atoms with E-state index in [1.54, 1.807) is 0 Å². The molecule has 1 N–H and O–H groups in total. The molecule has 1 atom stereocenters. The van der Waals surface area contributed by atoms with Crippen molar-refractivity contribution in [2.75, 3.05) is 6.61 Å². The van der Waals surface area contributed by atoms with Gasteiger partial charge >= 0.3 is 0 Å². The molecule has 0 heterocycles. The topological polar surface area (TPSA) is 20.2 Å². The fraction of sp³-hybridized carbons (Fsp3) is 0.897. The number of unbranched alkanes of at least 4 members (excludes halogenated alkanes) is 1. The smallest absolute Gasteiger partial charge is 0.0456 e. The van der Waals surface area contributed by atoms with Crippen LogP contribution in [0.4, 0.5) is 0 Å². The predicted molar refractivity (Wildman–Crippen MR) is 192 cm³/mol. The number of aliphatic hydroxyl groups excluding tert-OH is 1. The van der Waals surface area contributed by atoms with Crippen molar-refractivity contribution in [3.63, 3.8) is 0 Å². The van der Waals surface area contributed by atoms with Crippen molar-refractivity contribution in [1.82, 2.24) is 0 Å². The van der Waals surface area contributed by atoms with Crippen LogP contribution in [0.1, 0.15) is 205 Å². The van der Waals surface area contributed by atoms with Crippen LogP contribution in [-0.2, 0) is 0 Å². The lowest BCUT2D eigenvalue weighted by Crippen LogP contribution is -2.08. The molecule has 0 aromatic carbocycles. The first-order chi connectivity index (χ1) is 19.3. The van der Waals surface area contributed by atoms with Gasteiger partial charge in [0.25, 0.3) is 0 Å². The van der Waals surface area contributed by atoms with E-state index in [9.17, 15) is 0 Å². The van der Waals surface area contributed by atoms with Crippen molar-refractivity contribution in [3.05, 3.63) is 24.3 Å². The zero-order valence-electron chi connectivity index (χ0n) is 30.6. The van der Waals surface area contributed by atoms with E-state index < -0.39 is 0 Å². The van der Waals surface area contributed by atoms with Gasteiger partial charge in [-0.05, 0) is 49.9 Å². The largest absolute Gasteiger partial charge is 0.396 e. The Bertz CT molecular complexity index is 370. The zero-order valence-corrected chi connectivity index (χ0v) is 30.6. The number of hydrogen-bond donors (Lipinski definition) is 1. The lowest BCUT2D eigenvalue weighted by molar-refractivity contribution is 0.228. The van der Waals surface area contributed by atoms with E-state index in [0.29, 0.717) is 12.5 Å². The maximum absolute atomic E-state index is 8.56. The fourth-order valence-corrected chi connectivity index (χ4v) is 3.81. The standard InChI is InChI=1S/C8H16.C7H16O.3C6H12.2C3H8/c1-2-8-6-4-3-5-7-8;1-3-4-5-7(2)6-8;1-2-6-4-3-5-6;2*1-3-5-6-4-2;2*1-3-2/h8H,2-7H2,1H3;7-8H,3-6H2,1-2H3;6H,2-5H2,1H3;2*5-6H,3-4H2,1-2H3;2*3H2,1-2H3/b;;;6-5+;6-5-;;. The molecule has 246 valence electrons. The van der Waals surface area contributed by atoms with Crippen LogP contribution in [0.3, 0.4) is 0 Å². The highest BCUT2D eigenvalue weighted by Gasteiger charge is 2.13. The molecule has 2 fully saturated rings. The number of allylic oxidation sites excluding steroid dienone is 4. The maximum atomic E-state index is 8.56. The van der Waals surface area contributed by atoms with Gasteiger partial charge < -0.3 is 5.11 Å². The normalized spacial score (nSPS) is 15.0. The summed E-state index contributed by atoms with van der Waals surface area (Å²) in [4.78, 5) is 0. The number of rotatable bonds is 10. The summed E-state index contributed by atoms with van der Waals surface area (Å²) in [6.45, 7) is 26.3. The quantitative estimate of drug-likeness (QED) is 0.260. The summed E-state index contributed by atoms with van der Waals surface area (Å²) < 4.78 is 0. The molecule has 40 heavy (non-hydrogen) atoms. The van der Waals surface area contributed by atoms with Gasteiger partial charge in [-0.3, -0.25) is 0 Å². The summed E-state index contributed by atoms with van der Waals surface area (Å²) in [5.74, 6) is 2.71. The molecular weight excluding hydrogens is 484 g/mol. The average molecular weight is 569 g/mol. The van der Waals surface area contributed by atoms with Crippen LogP contribution in [0.25, 0.3) is 0 Å². The van der Waals surface area contributed by atoms with Gasteiger partial charge in [0, 0.05) is 6.61 Å². The second kappa shape index (κ2) is 51.2. The van der Waals surface area contributed by atoms with Gasteiger partial charge in [-0.2, -0.15) is 0 Å². The van der Waals surface area contributed by atoms with E-state index in [4.69, 9.17) is 5.11 Å². The number of hydrogen-bond acceptors (Lipinski definition) is 1. The predicted octanol–water partition coefficient (Wildman–Crippen LogP) is 14.5.